The maximum atomic E-state index is 13.4. The van der Waals surface area contributed by atoms with Gasteiger partial charge in [-0.1, -0.05) is 0 Å². The summed E-state index contributed by atoms with van der Waals surface area (Å²) in [6, 6.07) is 2.01. The molecule has 0 fully saturated rings. The lowest BCUT2D eigenvalue weighted by Gasteiger charge is -2.14. The monoisotopic (exact) mass is 258 g/mol. The third kappa shape index (κ3) is 3.57. The van der Waals surface area contributed by atoms with Crippen LogP contribution in [0.2, 0.25) is 0 Å². The minimum atomic E-state index is -1.38. The molecule has 18 heavy (non-hydrogen) atoms. The molecule has 0 spiro atoms. The summed E-state index contributed by atoms with van der Waals surface area (Å²) in [5.74, 6) is -2.27. The molecule has 0 aliphatic heterocycles. The second-order valence-corrected chi connectivity index (χ2v) is 3.71. The molecule has 6 nitrogen and oxygen atoms in total. The van der Waals surface area contributed by atoms with Gasteiger partial charge < -0.3 is 26.0 Å². The number of aromatic carboxylic acids is 1. The number of carboxylic acids is 1. The van der Waals surface area contributed by atoms with Crippen molar-refractivity contribution in [2.24, 2.45) is 0 Å². The predicted molar refractivity (Wildman–Crippen MR) is 64.1 cm³/mol. The van der Waals surface area contributed by atoms with Gasteiger partial charge >= 0.3 is 5.97 Å². The van der Waals surface area contributed by atoms with Crippen LogP contribution in [-0.4, -0.2) is 42.5 Å². The summed E-state index contributed by atoms with van der Waals surface area (Å²) >= 11 is 0. The van der Waals surface area contributed by atoms with Crippen molar-refractivity contribution >= 4 is 17.3 Å². The first kappa shape index (κ1) is 14.2. The Morgan fingerprint density at radius 2 is 2.28 bits per heavy atom. The standard InChI is InChI=1S/C11H15FN2O4/c1-18-5-6(15)4-14-10-3-8(12)7(11(16)17)2-9(10)13/h2-3,6,14-15H,4-5,13H2,1H3,(H,16,17). The Labute approximate surface area is 103 Å². The van der Waals surface area contributed by atoms with Crippen LogP contribution in [-0.2, 0) is 4.74 Å². The molecule has 1 unspecified atom stereocenters. The van der Waals surface area contributed by atoms with Crippen molar-refractivity contribution in [1.29, 1.82) is 0 Å². The average molecular weight is 258 g/mol. The summed E-state index contributed by atoms with van der Waals surface area (Å²) in [5.41, 5.74) is 5.42. The molecule has 0 aliphatic carbocycles. The lowest BCUT2D eigenvalue weighted by atomic mass is 10.1. The molecule has 1 rings (SSSR count). The molecule has 0 aromatic heterocycles. The van der Waals surface area contributed by atoms with Crippen molar-refractivity contribution in [2.75, 3.05) is 31.3 Å². The quantitative estimate of drug-likeness (QED) is 0.555. The number of nitrogens with two attached hydrogens (primary N) is 1. The number of nitrogens with one attached hydrogen (secondary N) is 1. The van der Waals surface area contributed by atoms with E-state index in [1.54, 1.807) is 0 Å². The molecule has 5 N–H and O–H groups in total. The van der Waals surface area contributed by atoms with Crippen LogP contribution in [0.15, 0.2) is 12.1 Å². The van der Waals surface area contributed by atoms with E-state index in [1.807, 2.05) is 0 Å². The number of methoxy groups -OCH3 is 1. The number of hydrogen-bond acceptors (Lipinski definition) is 5. The number of carbonyl (C=O) groups is 1. The number of rotatable bonds is 6. The molecular weight excluding hydrogens is 243 g/mol. The van der Waals surface area contributed by atoms with Crippen molar-refractivity contribution in [1.82, 2.24) is 0 Å². The fraction of sp³-hybridized carbons (Fsp3) is 0.364. The first-order valence-corrected chi connectivity index (χ1v) is 5.19. The highest BCUT2D eigenvalue weighted by molar-refractivity contribution is 5.90. The smallest absolute Gasteiger partial charge is 0.338 e. The van der Waals surface area contributed by atoms with Crippen molar-refractivity contribution in [3.63, 3.8) is 0 Å². The molecule has 0 radical (unpaired) electrons. The zero-order valence-electron chi connectivity index (χ0n) is 9.81. The first-order chi connectivity index (χ1) is 8.45. The third-order valence-corrected chi connectivity index (χ3v) is 2.26. The van der Waals surface area contributed by atoms with E-state index in [0.29, 0.717) is 0 Å². The lowest BCUT2D eigenvalue weighted by molar-refractivity contribution is 0.0691. The van der Waals surface area contributed by atoms with Crippen LogP contribution in [0.5, 0.6) is 0 Å². The van der Waals surface area contributed by atoms with E-state index in [4.69, 9.17) is 15.6 Å². The number of aliphatic hydroxyl groups is 1. The molecule has 0 bridgehead atoms. The minimum Gasteiger partial charge on any atom is -0.478 e. The zero-order valence-corrected chi connectivity index (χ0v) is 9.81. The number of halogens is 1. The van der Waals surface area contributed by atoms with Crippen LogP contribution in [0.1, 0.15) is 10.4 Å². The summed E-state index contributed by atoms with van der Waals surface area (Å²) in [7, 11) is 1.44. The van der Waals surface area contributed by atoms with Gasteiger partial charge in [-0.2, -0.15) is 0 Å². The van der Waals surface area contributed by atoms with Crippen molar-refractivity contribution < 1.29 is 24.1 Å². The molecule has 100 valence electrons. The van der Waals surface area contributed by atoms with Gasteiger partial charge in [0.1, 0.15) is 5.82 Å². The van der Waals surface area contributed by atoms with E-state index in [9.17, 15) is 14.3 Å². The highest BCUT2D eigenvalue weighted by Gasteiger charge is 2.14. The summed E-state index contributed by atoms with van der Waals surface area (Å²) in [4.78, 5) is 10.7. The van der Waals surface area contributed by atoms with Gasteiger partial charge in [0.05, 0.1) is 29.6 Å². The number of ether oxygens (including phenoxy) is 1. The molecule has 1 aromatic carbocycles. The summed E-state index contributed by atoms with van der Waals surface area (Å²) in [5, 5.41) is 20.8. The maximum Gasteiger partial charge on any atom is 0.338 e. The highest BCUT2D eigenvalue weighted by Crippen LogP contribution is 2.23. The van der Waals surface area contributed by atoms with E-state index >= 15 is 0 Å². The molecule has 0 saturated carbocycles. The fourth-order valence-corrected chi connectivity index (χ4v) is 1.39. The number of benzene rings is 1. The van der Waals surface area contributed by atoms with Gasteiger partial charge in [0.25, 0.3) is 0 Å². The summed E-state index contributed by atoms with van der Waals surface area (Å²) < 4.78 is 18.1. The van der Waals surface area contributed by atoms with Crippen LogP contribution < -0.4 is 11.1 Å². The molecule has 0 heterocycles. The van der Waals surface area contributed by atoms with Crippen LogP contribution >= 0.6 is 0 Å². The van der Waals surface area contributed by atoms with E-state index in [0.717, 1.165) is 12.1 Å². The minimum absolute atomic E-state index is 0.0958. The van der Waals surface area contributed by atoms with E-state index in [1.165, 1.54) is 7.11 Å². The maximum absolute atomic E-state index is 13.4. The summed E-state index contributed by atoms with van der Waals surface area (Å²) in [6.07, 6.45) is -0.767. The molecule has 1 atom stereocenters. The Kier molecular flexibility index (Phi) is 4.87. The van der Waals surface area contributed by atoms with Gasteiger partial charge in [-0.25, -0.2) is 9.18 Å². The van der Waals surface area contributed by atoms with Gasteiger partial charge in [-0.05, 0) is 12.1 Å². The van der Waals surface area contributed by atoms with Crippen LogP contribution in [0, 0.1) is 5.82 Å². The summed E-state index contributed by atoms with van der Waals surface area (Å²) in [6.45, 7) is 0.243. The number of anilines is 2. The normalized spacial score (nSPS) is 12.2. The Bertz CT molecular complexity index is 439. The highest BCUT2D eigenvalue weighted by atomic mass is 19.1. The molecule has 0 saturated heterocycles. The van der Waals surface area contributed by atoms with Gasteiger partial charge in [0.2, 0.25) is 0 Å². The Hall–Kier alpha value is -1.86. The SMILES string of the molecule is COCC(O)CNc1cc(F)c(C(=O)O)cc1N. The van der Waals surface area contributed by atoms with E-state index < -0.39 is 23.5 Å². The van der Waals surface area contributed by atoms with E-state index in [-0.39, 0.29) is 24.5 Å². The second kappa shape index (κ2) is 6.18. The third-order valence-electron chi connectivity index (χ3n) is 2.26. The number of hydrogen-bond donors (Lipinski definition) is 4. The molecule has 1 aromatic rings. The van der Waals surface area contributed by atoms with Crippen molar-refractivity contribution in [2.45, 2.75) is 6.10 Å². The number of nitrogen functional groups attached to an aromatic ring is 1. The number of carboxylic acid groups (broad SMARTS) is 1. The zero-order chi connectivity index (χ0) is 13.7. The average Bonchev–Trinajstić information content (AvgIpc) is 2.29. The molecule has 7 heteroatoms. The van der Waals surface area contributed by atoms with Gasteiger partial charge in [-0.15, -0.1) is 0 Å². The molecule has 0 aliphatic rings. The fourth-order valence-electron chi connectivity index (χ4n) is 1.39. The lowest BCUT2D eigenvalue weighted by Crippen LogP contribution is -2.24. The number of aliphatic hydroxyl groups excluding tert-OH is 1. The van der Waals surface area contributed by atoms with E-state index in [2.05, 4.69) is 5.32 Å². The topological polar surface area (TPSA) is 105 Å². The van der Waals surface area contributed by atoms with Crippen molar-refractivity contribution in [3.8, 4) is 0 Å². The second-order valence-electron chi connectivity index (χ2n) is 3.71. The Balaban J connectivity index is 2.79. The van der Waals surface area contributed by atoms with Crippen LogP contribution in [0.25, 0.3) is 0 Å². The van der Waals surface area contributed by atoms with Crippen LogP contribution in [0.4, 0.5) is 15.8 Å². The molecule has 0 amide bonds. The largest absolute Gasteiger partial charge is 0.478 e. The van der Waals surface area contributed by atoms with Crippen molar-refractivity contribution in [3.05, 3.63) is 23.5 Å². The predicted octanol–water partition coefficient (Wildman–Crippen LogP) is 0.525. The van der Waals surface area contributed by atoms with Crippen LogP contribution in [0.3, 0.4) is 0 Å². The van der Waals surface area contributed by atoms with Gasteiger partial charge in [0.15, 0.2) is 0 Å². The van der Waals surface area contributed by atoms with Gasteiger partial charge in [0, 0.05) is 13.7 Å². The first-order valence-electron chi connectivity index (χ1n) is 5.19. The molecular formula is C11H15FN2O4. The van der Waals surface area contributed by atoms with Gasteiger partial charge in [-0.3, -0.25) is 0 Å². The Morgan fingerprint density at radius 1 is 1.61 bits per heavy atom. The Morgan fingerprint density at radius 3 is 2.83 bits per heavy atom.